The quantitative estimate of drug-likeness (QED) is 0.446. The molecule has 82 valence electrons. The van der Waals surface area contributed by atoms with Crippen LogP contribution < -0.4 is 16.0 Å². The van der Waals surface area contributed by atoms with Crippen molar-refractivity contribution in [2.45, 2.75) is 25.3 Å². The molecule has 2 fully saturated rings. The zero-order valence-corrected chi connectivity index (χ0v) is 7.85. The number of nitrogens with zero attached hydrogens (tertiary/aromatic N) is 1. The third kappa shape index (κ3) is 1.34. The van der Waals surface area contributed by atoms with Gasteiger partial charge in [-0.05, 0) is 6.92 Å². The molecular formula is C7H10N4O4. The highest BCUT2D eigenvalue weighted by molar-refractivity contribution is 5.88. The number of nitrogens with one attached hydrogen (secondary N) is 3. The van der Waals surface area contributed by atoms with Crippen molar-refractivity contribution in [3.8, 4) is 0 Å². The number of carbonyl (C=O) groups is 3. The molecule has 15 heavy (non-hydrogen) atoms. The van der Waals surface area contributed by atoms with Gasteiger partial charge < -0.3 is 21.1 Å². The van der Waals surface area contributed by atoms with E-state index in [1.54, 1.807) is 0 Å². The molecule has 0 aromatic carbocycles. The molecule has 0 bridgehead atoms. The van der Waals surface area contributed by atoms with Gasteiger partial charge in [-0.3, -0.25) is 4.90 Å². The second-order valence-electron chi connectivity index (χ2n) is 3.41. The summed E-state index contributed by atoms with van der Waals surface area (Å²) in [6, 6.07) is -1.92. The fraction of sp³-hybridized carbons (Fsp3) is 0.571. The molecule has 2 saturated heterocycles. The number of carboxylic acid groups (broad SMARTS) is 1. The summed E-state index contributed by atoms with van der Waals surface area (Å²) in [6.07, 6.45) is -1.21. The number of carboxylic acids is 1. The molecule has 0 aromatic heterocycles. The minimum absolute atomic E-state index is 0.424. The van der Waals surface area contributed by atoms with Crippen LogP contribution in [0.3, 0.4) is 0 Å². The number of fused-ring (bicyclic) bond motifs is 1. The fourth-order valence-corrected chi connectivity index (χ4v) is 1.69. The summed E-state index contributed by atoms with van der Waals surface area (Å²) < 4.78 is 0. The Hall–Kier alpha value is -1.99. The van der Waals surface area contributed by atoms with E-state index in [-0.39, 0.29) is 0 Å². The summed E-state index contributed by atoms with van der Waals surface area (Å²) in [4.78, 5) is 34.2. The summed E-state index contributed by atoms with van der Waals surface area (Å²) >= 11 is 0. The van der Waals surface area contributed by atoms with Crippen LogP contribution in [0.4, 0.5) is 9.59 Å². The van der Waals surface area contributed by atoms with Gasteiger partial charge in [-0.2, -0.15) is 0 Å². The van der Waals surface area contributed by atoms with Gasteiger partial charge >= 0.3 is 18.0 Å². The van der Waals surface area contributed by atoms with Gasteiger partial charge in [0.2, 0.25) is 0 Å². The fourth-order valence-electron chi connectivity index (χ4n) is 1.69. The minimum Gasteiger partial charge on any atom is -0.480 e. The summed E-state index contributed by atoms with van der Waals surface area (Å²) in [7, 11) is 0. The topological polar surface area (TPSA) is 111 Å². The van der Waals surface area contributed by atoms with E-state index in [1.165, 1.54) is 6.92 Å². The molecule has 8 nitrogen and oxygen atoms in total. The van der Waals surface area contributed by atoms with Crippen LogP contribution in [0, 0.1) is 0 Å². The van der Waals surface area contributed by atoms with Crippen LogP contribution in [0.2, 0.25) is 0 Å². The molecule has 2 aliphatic heterocycles. The van der Waals surface area contributed by atoms with Crippen molar-refractivity contribution >= 4 is 18.0 Å². The normalized spacial score (nSPS) is 30.3. The summed E-state index contributed by atoms with van der Waals surface area (Å²) in [5, 5.41) is 16.2. The average molecular weight is 214 g/mol. The molecule has 2 rings (SSSR count). The van der Waals surface area contributed by atoms with Crippen molar-refractivity contribution in [3.05, 3.63) is 0 Å². The van der Waals surface area contributed by atoms with Crippen LogP contribution in [0.15, 0.2) is 0 Å². The van der Waals surface area contributed by atoms with Crippen molar-refractivity contribution in [2.24, 2.45) is 0 Å². The molecule has 0 unspecified atom stereocenters. The van der Waals surface area contributed by atoms with Crippen molar-refractivity contribution in [3.63, 3.8) is 0 Å². The standard InChI is InChI=1S/C7H10N4O4/c1-2(5(12)13)11-4-3(9-7(11)15)8-6(14)10-4/h2-4H,1H3,(H,9,15)(H,12,13)(H2,8,10,14)/t2-,3-,4-/m1/s1. The van der Waals surface area contributed by atoms with E-state index in [4.69, 9.17) is 5.11 Å². The van der Waals surface area contributed by atoms with Gasteiger partial charge in [0.25, 0.3) is 0 Å². The van der Waals surface area contributed by atoms with E-state index in [1.807, 2.05) is 0 Å². The number of hydrogen-bond acceptors (Lipinski definition) is 3. The Morgan fingerprint density at radius 2 is 2.07 bits per heavy atom. The van der Waals surface area contributed by atoms with E-state index in [9.17, 15) is 14.4 Å². The molecule has 2 heterocycles. The average Bonchev–Trinajstić information content (AvgIpc) is 2.58. The zero-order chi connectivity index (χ0) is 11.2. The van der Waals surface area contributed by atoms with E-state index in [0.29, 0.717) is 0 Å². The Bertz CT molecular complexity index is 344. The van der Waals surface area contributed by atoms with Crippen LogP contribution in [0.1, 0.15) is 6.92 Å². The minimum atomic E-state index is -1.12. The van der Waals surface area contributed by atoms with Gasteiger partial charge in [-0.1, -0.05) is 0 Å². The smallest absolute Gasteiger partial charge is 0.326 e. The van der Waals surface area contributed by atoms with Crippen LogP contribution in [0.5, 0.6) is 0 Å². The maximum atomic E-state index is 11.4. The molecule has 0 spiro atoms. The van der Waals surface area contributed by atoms with Crippen molar-refractivity contribution in [1.82, 2.24) is 20.9 Å². The first-order valence-corrected chi connectivity index (χ1v) is 4.39. The van der Waals surface area contributed by atoms with Gasteiger partial charge in [-0.15, -0.1) is 0 Å². The SMILES string of the molecule is C[C@H](C(=O)O)N1C(=O)N[C@H]2NC(=O)N[C@@H]21. The van der Waals surface area contributed by atoms with E-state index in [0.717, 1.165) is 4.90 Å². The molecule has 2 aliphatic rings. The first kappa shape index (κ1) is 9.56. The summed E-state index contributed by atoms with van der Waals surface area (Å²) in [5.41, 5.74) is 0. The lowest BCUT2D eigenvalue weighted by Crippen LogP contribution is -2.50. The largest absolute Gasteiger partial charge is 0.480 e. The monoisotopic (exact) mass is 214 g/mol. The predicted molar refractivity (Wildman–Crippen MR) is 46.7 cm³/mol. The Morgan fingerprint density at radius 1 is 1.40 bits per heavy atom. The molecule has 0 saturated carbocycles. The van der Waals surface area contributed by atoms with E-state index in [2.05, 4.69) is 16.0 Å². The Kier molecular flexibility index (Phi) is 1.92. The van der Waals surface area contributed by atoms with E-state index < -0.39 is 36.4 Å². The van der Waals surface area contributed by atoms with Crippen LogP contribution in [0.25, 0.3) is 0 Å². The molecule has 3 atom stereocenters. The van der Waals surface area contributed by atoms with Crippen molar-refractivity contribution in [2.75, 3.05) is 0 Å². The number of aliphatic carboxylic acids is 1. The Morgan fingerprint density at radius 3 is 2.67 bits per heavy atom. The second-order valence-corrected chi connectivity index (χ2v) is 3.41. The molecule has 0 aromatic rings. The van der Waals surface area contributed by atoms with E-state index >= 15 is 0 Å². The molecule has 8 heteroatoms. The van der Waals surface area contributed by atoms with Gasteiger partial charge in [0, 0.05) is 0 Å². The maximum Gasteiger partial charge on any atom is 0.326 e. The third-order valence-corrected chi connectivity index (χ3v) is 2.47. The molecule has 0 aliphatic carbocycles. The van der Waals surface area contributed by atoms with Crippen LogP contribution >= 0.6 is 0 Å². The van der Waals surface area contributed by atoms with Gasteiger partial charge in [0.15, 0.2) is 0 Å². The maximum absolute atomic E-state index is 11.4. The number of urea groups is 2. The predicted octanol–water partition coefficient (Wildman–Crippen LogP) is -1.55. The highest BCUT2D eigenvalue weighted by atomic mass is 16.4. The van der Waals surface area contributed by atoms with Crippen LogP contribution in [-0.2, 0) is 4.79 Å². The first-order chi connectivity index (χ1) is 7.00. The number of rotatable bonds is 2. The first-order valence-electron chi connectivity index (χ1n) is 4.39. The highest BCUT2D eigenvalue weighted by Crippen LogP contribution is 2.17. The number of hydrogen-bond donors (Lipinski definition) is 4. The van der Waals surface area contributed by atoms with Crippen molar-refractivity contribution < 1.29 is 19.5 Å². The lowest BCUT2D eigenvalue weighted by atomic mass is 10.3. The number of carbonyl (C=O) groups excluding carboxylic acids is 2. The molecule has 0 radical (unpaired) electrons. The van der Waals surface area contributed by atoms with Gasteiger partial charge in [0.05, 0.1) is 0 Å². The Balaban J connectivity index is 2.20. The Labute approximate surface area is 84.6 Å². The molecule has 4 amide bonds. The highest BCUT2D eigenvalue weighted by Gasteiger charge is 2.48. The zero-order valence-electron chi connectivity index (χ0n) is 7.85. The summed E-state index contributed by atoms with van der Waals surface area (Å²) in [5.74, 6) is -1.12. The lowest BCUT2D eigenvalue weighted by Gasteiger charge is -2.24. The number of amides is 4. The third-order valence-electron chi connectivity index (χ3n) is 2.47. The van der Waals surface area contributed by atoms with Crippen molar-refractivity contribution in [1.29, 1.82) is 0 Å². The molecular weight excluding hydrogens is 204 g/mol. The molecule has 4 N–H and O–H groups in total. The van der Waals surface area contributed by atoms with Gasteiger partial charge in [0.1, 0.15) is 18.4 Å². The lowest BCUT2D eigenvalue weighted by molar-refractivity contribution is -0.142. The van der Waals surface area contributed by atoms with Gasteiger partial charge in [-0.25, -0.2) is 14.4 Å². The summed E-state index contributed by atoms with van der Waals surface area (Å²) in [6.45, 7) is 1.38. The van der Waals surface area contributed by atoms with Crippen LogP contribution in [-0.4, -0.2) is 46.4 Å². The second kappa shape index (κ2) is 3.01.